The number of hydrogen-bond acceptors (Lipinski definition) is 3. The third-order valence-electron chi connectivity index (χ3n) is 2.73. The quantitative estimate of drug-likeness (QED) is 0.762. The standard InChI is InChI=1S/C11H17N3/c1-8-3-2-4-11(14-8)13-7-9-5-10(12)6-9/h2-4,9-10H,5-7,12H2,1H3,(H,13,14). The van der Waals surface area contributed by atoms with Crippen molar-refractivity contribution in [3.8, 4) is 0 Å². The van der Waals surface area contributed by atoms with E-state index in [1.54, 1.807) is 0 Å². The predicted octanol–water partition coefficient (Wildman–Crippen LogP) is 1.54. The summed E-state index contributed by atoms with van der Waals surface area (Å²) in [5, 5.41) is 3.34. The SMILES string of the molecule is Cc1cccc(NCC2CC(N)C2)n1. The molecule has 1 aliphatic carbocycles. The number of anilines is 1. The minimum Gasteiger partial charge on any atom is -0.370 e. The lowest BCUT2D eigenvalue weighted by atomic mass is 9.81. The van der Waals surface area contributed by atoms with E-state index in [-0.39, 0.29) is 0 Å². The number of hydrogen-bond donors (Lipinski definition) is 2. The fourth-order valence-electron chi connectivity index (χ4n) is 1.84. The Balaban J connectivity index is 1.80. The van der Waals surface area contributed by atoms with Gasteiger partial charge in [-0.3, -0.25) is 0 Å². The van der Waals surface area contributed by atoms with E-state index in [9.17, 15) is 0 Å². The number of aromatic nitrogens is 1. The summed E-state index contributed by atoms with van der Waals surface area (Å²) in [5.41, 5.74) is 6.77. The van der Waals surface area contributed by atoms with Gasteiger partial charge in [0, 0.05) is 18.3 Å². The molecule has 0 atom stereocenters. The molecule has 0 aliphatic heterocycles. The predicted molar refractivity (Wildman–Crippen MR) is 58.2 cm³/mol. The molecule has 1 aromatic rings. The molecule has 1 heterocycles. The van der Waals surface area contributed by atoms with Crippen molar-refractivity contribution in [2.45, 2.75) is 25.8 Å². The van der Waals surface area contributed by atoms with Crippen LogP contribution < -0.4 is 11.1 Å². The molecule has 0 saturated heterocycles. The maximum absolute atomic E-state index is 5.72. The number of aryl methyl sites for hydroxylation is 1. The Morgan fingerprint density at radius 3 is 2.93 bits per heavy atom. The van der Waals surface area contributed by atoms with E-state index in [1.807, 2.05) is 25.1 Å². The van der Waals surface area contributed by atoms with E-state index in [4.69, 9.17) is 5.73 Å². The molecule has 0 aromatic carbocycles. The first-order chi connectivity index (χ1) is 6.74. The zero-order chi connectivity index (χ0) is 9.97. The molecule has 3 heteroatoms. The van der Waals surface area contributed by atoms with E-state index >= 15 is 0 Å². The maximum atomic E-state index is 5.72. The van der Waals surface area contributed by atoms with Crippen LogP contribution in [0.3, 0.4) is 0 Å². The lowest BCUT2D eigenvalue weighted by Gasteiger charge is -2.32. The van der Waals surface area contributed by atoms with Gasteiger partial charge < -0.3 is 11.1 Å². The number of rotatable bonds is 3. The average Bonchev–Trinajstić information content (AvgIpc) is 2.11. The lowest BCUT2D eigenvalue weighted by molar-refractivity contribution is 0.280. The fourth-order valence-corrected chi connectivity index (χ4v) is 1.84. The Hall–Kier alpha value is -1.09. The summed E-state index contributed by atoms with van der Waals surface area (Å²) >= 11 is 0. The normalized spacial score (nSPS) is 25.6. The van der Waals surface area contributed by atoms with Crippen LogP contribution in [0.4, 0.5) is 5.82 Å². The van der Waals surface area contributed by atoms with Gasteiger partial charge in [0.1, 0.15) is 5.82 Å². The summed E-state index contributed by atoms with van der Waals surface area (Å²) in [6.07, 6.45) is 2.30. The molecule has 0 spiro atoms. The minimum atomic E-state index is 0.437. The third-order valence-corrected chi connectivity index (χ3v) is 2.73. The highest BCUT2D eigenvalue weighted by Crippen LogP contribution is 2.25. The van der Waals surface area contributed by atoms with Crippen molar-refractivity contribution in [1.82, 2.24) is 4.98 Å². The molecule has 76 valence electrons. The molecule has 0 bridgehead atoms. The van der Waals surface area contributed by atoms with Gasteiger partial charge in [-0.2, -0.15) is 0 Å². The Labute approximate surface area is 84.7 Å². The third kappa shape index (κ3) is 2.23. The van der Waals surface area contributed by atoms with Gasteiger partial charge in [-0.25, -0.2) is 4.98 Å². The van der Waals surface area contributed by atoms with Crippen LogP contribution in [0.25, 0.3) is 0 Å². The number of pyridine rings is 1. The molecule has 1 aromatic heterocycles. The molecule has 1 fully saturated rings. The molecule has 0 unspecified atom stereocenters. The zero-order valence-electron chi connectivity index (χ0n) is 8.53. The Morgan fingerprint density at radius 2 is 2.29 bits per heavy atom. The molecular weight excluding hydrogens is 174 g/mol. The molecule has 3 N–H and O–H groups in total. The van der Waals surface area contributed by atoms with Crippen LogP contribution in [0.5, 0.6) is 0 Å². The van der Waals surface area contributed by atoms with E-state index in [0.29, 0.717) is 6.04 Å². The van der Waals surface area contributed by atoms with Crippen LogP contribution in [0.2, 0.25) is 0 Å². The highest BCUT2D eigenvalue weighted by molar-refractivity contribution is 5.35. The second-order valence-electron chi connectivity index (χ2n) is 4.14. The Bertz CT molecular complexity index is 305. The first kappa shape index (κ1) is 9.46. The molecule has 0 radical (unpaired) electrons. The highest BCUT2D eigenvalue weighted by Gasteiger charge is 2.25. The van der Waals surface area contributed by atoms with Crippen molar-refractivity contribution in [1.29, 1.82) is 0 Å². The minimum absolute atomic E-state index is 0.437. The summed E-state index contributed by atoms with van der Waals surface area (Å²) in [5.74, 6) is 1.72. The molecule has 14 heavy (non-hydrogen) atoms. The van der Waals surface area contributed by atoms with Gasteiger partial charge in [0.15, 0.2) is 0 Å². The Kier molecular flexibility index (Phi) is 2.68. The summed E-state index contributed by atoms with van der Waals surface area (Å²) in [6.45, 7) is 3.01. The van der Waals surface area contributed by atoms with Gasteiger partial charge in [-0.1, -0.05) is 6.07 Å². The second kappa shape index (κ2) is 3.96. The fraction of sp³-hybridized carbons (Fsp3) is 0.545. The van der Waals surface area contributed by atoms with Crippen molar-refractivity contribution in [3.05, 3.63) is 23.9 Å². The topological polar surface area (TPSA) is 50.9 Å². The maximum Gasteiger partial charge on any atom is 0.126 e. The van der Waals surface area contributed by atoms with Crippen molar-refractivity contribution in [2.24, 2.45) is 11.7 Å². The molecule has 2 rings (SSSR count). The number of nitrogens with one attached hydrogen (secondary N) is 1. The first-order valence-electron chi connectivity index (χ1n) is 5.17. The van der Waals surface area contributed by atoms with Crippen LogP contribution in [0.15, 0.2) is 18.2 Å². The smallest absolute Gasteiger partial charge is 0.126 e. The summed E-state index contributed by atoms with van der Waals surface area (Å²) in [4.78, 5) is 4.38. The molecule has 3 nitrogen and oxygen atoms in total. The van der Waals surface area contributed by atoms with E-state index < -0.39 is 0 Å². The highest BCUT2D eigenvalue weighted by atomic mass is 15.0. The second-order valence-corrected chi connectivity index (χ2v) is 4.14. The van der Waals surface area contributed by atoms with Gasteiger partial charge in [-0.05, 0) is 37.8 Å². The van der Waals surface area contributed by atoms with Gasteiger partial charge in [0.05, 0.1) is 0 Å². The first-order valence-corrected chi connectivity index (χ1v) is 5.17. The van der Waals surface area contributed by atoms with Crippen molar-refractivity contribution < 1.29 is 0 Å². The van der Waals surface area contributed by atoms with E-state index in [0.717, 1.165) is 36.8 Å². The van der Waals surface area contributed by atoms with Gasteiger partial charge in [0.25, 0.3) is 0 Å². The van der Waals surface area contributed by atoms with E-state index in [2.05, 4.69) is 10.3 Å². The van der Waals surface area contributed by atoms with Crippen LogP contribution in [-0.2, 0) is 0 Å². The largest absolute Gasteiger partial charge is 0.370 e. The monoisotopic (exact) mass is 191 g/mol. The van der Waals surface area contributed by atoms with Gasteiger partial charge in [0.2, 0.25) is 0 Å². The average molecular weight is 191 g/mol. The van der Waals surface area contributed by atoms with Gasteiger partial charge >= 0.3 is 0 Å². The summed E-state index contributed by atoms with van der Waals surface area (Å²) in [6, 6.07) is 6.47. The molecule has 0 amide bonds. The molecule has 1 saturated carbocycles. The van der Waals surface area contributed by atoms with Crippen LogP contribution in [-0.4, -0.2) is 17.6 Å². The summed E-state index contributed by atoms with van der Waals surface area (Å²) < 4.78 is 0. The molecular formula is C11H17N3. The van der Waals surface area contributed by atoms with Crippen LogP contribution in [0, 0.1) is 12.8 Å². The van der Waals surface area contributed by atoms with Crippen LogP contribution in [0.1, 0.15) is 18.5 Å². The number of nitrogens with zero attached hydrogens (tertiary/aromatic N) is 1. The zero-order valence-corrected chi connectivity index (χ0v) is 8.53. The Morgan fingerprint density at radius 1 is 1.50 bits per heavy atom. The summed E-state index contributed by atoms with van der Waals surface area (Å²) in [7, 11) is 0. The lowest BCUT2D eigenvalue weighted by Crippen LogP contribution is -2.39. The van der Waals surface area contributed by atoms with Crippen LogP contribution >= 0.6 is 0 Å². The van der Waals surface area contributed by atoms with Crippen molar-refractivity contribution in [2.75, 3.05) is 11.9 Å². The van der Waals surface area contributed by atoms with E-state index in [1.165, 1.54) is 0 Å². The number of nitrogens with two attached hydrogens (primary N) is 1. The van der Waals surface area contributed by atoms with Gasteiger partial charge in [-0.15, -0.1) is 0 Å². The van der Waals surface area contributed by atoms with Crippen molar-refractivity contribution in [3.63, 3.8) is 0 Å². The van der Waals surface area contributed by atoms with Crippen molar-refractivity contribution >= 4 is 5.82 Å². The molecule has 1 aliphatic rings.